The van der Waals surface area contributed by atoms with Crippen molar-refractivity contribution in [2.45, 2.75) is 12.3 Å². The molecule has 0 aliphatic heterocycles. The second-order valence-corrected chi connectivity index (χ2v) is 4.32. The van der Waals surface area contributed by atoms with Gasteiger partial charge in [0, 0.05) is 12.3 Å². The predicted octanol–water partition coefficient (Wildman–Crippen LogP) is 3.32. The van der Waals surface area contributed by atoms with Crippen LogP contribution in [-0.2, 0) is 0 Å². The molecule has 2 aromatic rings. The fourth-order valence-corrected chi connectivity index (χ4v) is 1.61. The van der Waals surface area contributed by atoms with E-state index in [0.717, 1.165) is 0 Å². The van der Waals surface area contributed by atoms with Gasteiger partial charge in [-0.2, -0.15) is 8.78 Å². The lowest BCUT2D eigenvalue weighted by molar-refractivity contribution is -0.148. The normalized spacial score (nSPS) is 11.7. The van der Waals surface area contributed by atoms with Gasteiger partial charge in [0.15, 0.2) is 6.61 Å². The summed E-state index contributed by atoms with van der Waals surface area (Å²) in [5.74, 6) is -4.14. The second kappa shape index (κ2) is 5.99. The van der Waals surface area contributed by atoms with E-state index in [-0.39, 0.29) is 11.3 Å². The summed E-state index contributed by atoms with van der Waals surface area (Å²) in [5, 5.41) is 0. The molecule has 0 spiro atoms. The number of aromatic amines is 1. The topological polar surface area (TPSA) is 42.1 Å². The lowest BCUT2D eigenvalue weighted by atomic mass is 10.1. The van der Waals surface area contributed by atoms with Gasteiger partial charge in [0.1, 0.15) is 5.75 Å². The number of aromatic nitrogens is 1. The molecule has 0 amide bonds. The number of ether oxygens (including phenoxy) is 1. The van der Waals surface area contributed by atoms with Crippen LogP contribution in [0.2, 0.25) is 0 Å². The van der Waals surface area contributed by atoms with E-state index in [1.54, 1.807) is 18.2 Å². The zero-order chi connectivity index (χ0) is 15.5. The number of hydrogen-bond donors (Lipinski definition) is 1. The molecular weight excluding hydrogens is 290 g/mol. The maximum atomic E-state index is 12.7. The predicted molar refractivity (Wildman–Crippen MR) is 68.9 cm³/mol. The van der Waals surface area contributed by atoms with Gasteiger partial charge < -0.3 is 9.72 Å². The average Bonchev–Trinajstić information content (AvgIpc) is 2.45. The highest BCUT2D eigenvalue weighted by Crippen LogP contribution is 2.25. The minimum atomic E-state index is -4.19. The fourth-order valence-electron chi connectivity index (χ4n) is 1.61. The van der Waals surface area contributed by atoms with Gasteiger partial charge in [-0.05, 0) is 29.3 Å². The minimum absolute atomic E-state index is 0.0453. The Bertz CT molecular complexity index is 653. The van der Waals surface area contributed by atoms with Crippen molar-refractivity contribution in [3.63, 3.8) is 0 Å². The molecule has 21 heavy (non-hydrogen) atoms. The van der Waals surface area contributed by atoms with Gasteiger partial charge in [0.2, 0.25) is 5.56 Å². The highest BCUT2D eigenvalue weighted by atomic mass is 19.3. The summed E-state index contributed by atoms with van der Waals surface area (Å²) >= 11 is 0. The Balaban J connectivity index is 2.08. The van der Waals surface area contributed by atoms with Crippen LogP contribution in [0.4, 0.5) is 17.6 Å². The molecule has 2 rings (SSSR count). The molecule has 1 aromatic carbocycles. The molecule has 0 saturated heterocycles. The highest BCUT2D eigenvalue weighted by Gasteiger charge is 2.41. The summed E-state index contributed by atoms with van der Waals surface area (Å²) in [6.07, 6.45) is -2.29. The molecule has 0 bridgehead atoms. The lowest BCUT2D eigenvalue weighted by Gasteiger charge is -2.16. The first-order chi connectivity index (χ1) is 9.88. The van der Waals surface area contributed by atoms with E-state index in [9.17, 15) is 22.4 Å². The van der Waals surface area contributed by atoms with Gasteiger partial charge >= 0.3 is 12.3 Å². The van der Waals surface area contributed by atoms with Crippen LogP contribution in [-0.4, -0.2) is 23.9 Å². The maximum absolute atomic E-state index is 12.7. The Morgan fingerprint density at radius 1 is 1.10 bits per heavy atom. The van der Waals surface area contributed by atoms with E-state index in [1.807, 2.05) is 0 Å². The number of benzene rings is 1. The third-order valence-electron chi connectivity index (χ3n) is 2.71. The summed E-state index contributed by atoms with van der Waals surface area (Å²) in [6, 6.07) is 8.88. The molecule has 0 radical (unpaired) electrons. The van der Waals surface area contributed by atoms with Crippen LogP contribution in [0.3, 0.4) is 0 Å². The number of pyridine rings is 1. The third kappa shape index (κ3) is 3.84. The molecule has 0 aliphatic carbocycles. The smallest absolute Gasteiger partial charge is 0.340 e. The van der Waals surface area contributed by atoms with Gasteiger partial charge in [-0.1, -0.05) is 12.1 Å². The first kappa shape index (κ1) is 15.1. The Morgan fingerprint density at radius 3 is 2.33 bits per heavy atom. The summed E-state index contributed by atoms with van der Waals surface area (Å²) in [4.78, 5) is 13.6. The highest BCUT2D eigenvalue weighted by molar-refractivity contribution is 5.63. The first-order valence-electron chi connectivity index (χ1n) is 5.96. The summed E-state index contributed by atoms with van der Waals surface area (Å²) in [6.45, 7) is -1.39. The Hall–Kier alpha value is -2.31. The van der Waals surface area contributed by atoms with Crippen molar-refractivity contribution in [3.05, 3.63) is 52.9 Å². The van der Waals surface area contributed by atoms with Crippen LogP contribution in [0.5, 0.6) is 5.75 Å². The van der Waals surface area contributed by atoms with Crippen molar-refractivity contribution in [1.82, 2.24) is 4.98 Å². The fraction of sp³-hybridized carbons (Fsp3) is 0.214. The van der Waals surface area contributed by atoms with Crippen LogP contribution >= 0.6 is 0 Å². The molecule has 0 aliphatic rings. The van der Waals surface area contributed by atoms with Gasteiger partial charge in [-0.3, -0.25) is 4.79 Å². The number of halogens is 4. The van der Waals surface area contributed by atoms with Crippen LogP contribution < -0.4 is 10.3 Å². The van der Waals surface area contributed by atoms with E-state index < -0.39 is 19.0 Å². The van der Waals surface area contributed by atoms with E-state index in [1.165, 1.54) is 24.4 Å². The number of rotatable bonds is 5. The Labute approximate surface area is 117 Å². The van der Waals surface area contributed by atoms with Gasteiger partial charge in [0.25, 0.3) is 0 Å². The number of H-pyrrole nitrogens is 1. The van der Waals surface area contributed by atoms with Crippen LogP contribution in [0, 0.1) is 0 Å². The van der Waals surface area contributed by atoms with E-state index in [4.69, 9.17) is 0 Å². The summed E-state index contributed by atoms with van der Waals surface area (Å²) < 4.78 is 54.0. The van der Waals surface area contributed by atoms with Crippen molar-refractivity contribution in [2.75, 3.05) is 6.61 Å². The second-order valence-electron chi connectivity index (χ2n) is 4.32. The van der Waals surface area contributed by atoms with Gasteiger partial charge in [0.05, 0.1) is 0 Å². The van der Waals surface area contributed by atoms with Crippen molar-refractivity contribution < 1.29 is 22.3 Å². The maximum Gasteiger partial charge on any atom is 0.340 e. The number of hydrogen-bond acceptors (Lipinski definition) is 2. The third-order valence-corrected chi connectivity index (χ3v) is 2.71. The average molecular weight is 301 g/mol. The molecule has 0 fully saturated rings. The minimum Gasteiger partial charge on any atom is -0.487 e. The summed E-state index contributed by atoms with van der Waals surface area (Å²) in [5.41, 5.74) is 1.04. The summed E-state index contributed by atoms with van der Waals surface area (Å²) in [7, 11) is 0. The molecule has 1 heterocycles. The zero-order valence-electron chi connectivity index (χ0n) is 10.7. The van der Waals surface area contributed by atoms with Crippen molar-refractivity contribution >= 4 is 0 Å². The largest absolute Gasteiger partial charge is 0.487 e. The van der Waals surface area contributed by atoms with E-state index in [0.29, 0.717) is 11.1 Å². The van der Waals surface area contributed by atoms with E-state index >= 15 is 0 Å². The van der Waals surface area contributed by atoms with Crippen molar-refractivity contribution in [1.29, 1.82) is 0 Å². The monoisotopic (exact) mass is 301 g/mol. The van der Waals surface area contributed by atoms with E-state index in [2.05, 4.69) is 9.72 Å². The standard InChI is InChI=1S/C14H11F4NO2/c15-13(16)14(17,18)8-21-11-3-1-9(2-4-11)10-5-6-19-12(20)7-10/h1-7,13H,8H2,(H,19,20). The Morgan fingerprint density at radius 2 is 1.76 bits per heavy atom. The van der Waals surface area contributed by atoms with Crippen LogP contribution in [0.25, 0.3) is 11.1 Å². The first-order valence-corrected chi connectivity index (χ1v) is 5.96. The molecule has 0 unspecified atom stereocenters. The SMILES string of the molecule is O=c1cc(-c2ccc(OCC(F)(F)C(F)F)cc2)cc[nH]1. The molecule has 1 N–H and O–H groups in total. The quantitative estimate of drug-likeness (QED) is 0.861. The number of nitrogens with one attached hydrogen (secondary N) is 1. The molecule has 0 atom stereocenters. The van der Waals surface area contributed by atoms with Crippen LogP contribution in [0.1, 0.15) is 0 Å². The molecular formula is C14H11F4NO2. The van der Waals surface area contributed by atoms with Crippen molar-refractivity contribution in [3.8, 4) is 16.9 Å². The molecule has 1 aromatic heterocycles. The molecule has 7 heteroatoms. The van der Waals surface area contributed by atoms with Crippen LogP contribution in [0.15, 0.2) is 47.4 Å². The van der Waals surface area contributed by atoms with Gasteiger partial charge in [-0.25, -0.2) is 8.78 Å². The molecule has 0 saturated carbocycles. The zero-order valence-corrected chi connectivity index (χ0v) is 10.7. The molecule has 112 valence electrons. The lowest BCUT2D eigenvalue weighted by Crippen LogP contribution is -2.33. The Kier molecular flexibility index (Phi) is 4.30. The number of alkyl halides is 4. The van der Waals surface area contributed by atoms with Gasteiger partial charge in [-0.15, -0.1) is 0 Å². The molecule has 3 nitrogen and oxygen atoms in total. The van der Waals surface area contributed by atoms with Crippen molar-refractivity contribution in [2.24, 2.45) is 0 Å².